The van der Waals surface area contributed by atoms with Gasteiger partial charge in [0.2, 0.25) is 0 Å². The molecule has 1 aliphatic carbocycles. The summed E-state index contributed by atoms with van der Waals surface area (Å²) < 4.78 is 27.4. The van der Waals surface area contributed by atoms with Crippen LogP contribution >= 0.6 is 0 Å². The molecule has 6 heteroatoms. The molecule has 0 saturated heterocycles. The fourth-order valence-electron chi connectivity index (χ4n) is 2.36. The summed E-state index contributed by atoms with van der Waals surface area (Å²) in [5.41, 5.74) is -0.467. The second-order valence-electron chi connectivity index (χ2n) is 6.80. The van der Waals surface area contributed by atoms with Crippen molar-refractivity contribution in [1.29, 1.82) is 0 Å². The smallest absolute Gasteiger partial charge is 0.267 e. The van der Waals surface area contributed by atoms with Crippen molar-refractivity contribution in [3.05, 3.63) is 23.9 Å². The predicted octanol–water partition coefficient (Wildman–Crippen LogP) is 2.75. The highest BCUT2D eigenvalue weighted by atomic mass is 19.3. The molecule has 2 atom stereocenters. The Kier molecular flexibility index (Phi) is 6.33. The average molecular weight is 330 g/mol. The van der Waals surface area contributed by atoms with E-state index in [0.717, 1.165) is 0 Å². The predicted molar refractivity (Wildman–Crippen MR) is 87.1 cm³/mol. The van der Waals surface area contributed by atoms with Crippen LogP contribution < -0.4 is 10.6 Å². The molecular formula is C17H28F2N2O2. The first kappa shape index (κ1) is 19.6. The minimum absolute atomic E-state index is 0.123. The highest BCUT2D eigenvalue weighted by Crippen LogP contribution is 2.35. The van der Waals surface area contributed by atoms with Crippen molar-refractivity contribution in [3.63, 3.8) is 0 Å². The molecular weight excluding hydrogens is 302 g/mol. The van der Waals surface area contributed by atoms with E-state index in [4.69, 9.17) is 0 Å². The Hall–Kier alpha value is -1.43. The molecule has 4 nitrogen and oxygen atoms in total. The lowest BCUT2D eigenvalue weighted by Gasteiger charge is -2.27. The number of halogens is 2. The summed E-state index contributed by atoms with van der Waals surface area (Å²) in [5, 5.41) is 15.3. The highest BCUT2D eigenvalue weighted by molar-refractivity contribution is 5.96. The number of hydrogen-bond donors (Lipinski definition) is 3. The van der Waals surface area contributed by atoms with Crippen LogP contribution in [0, 0.1) is 5.92 Å². The second kappa shape index (κ2) is 7.43. The Morgan fingerprint density at radius 1 is 1.52 bits per heavy atom. The zero-order chi connectivity index (χ0) is 17.8. The quantitative estimate of drug-likeness (QED) is 0.497. The number of nitrogens with one attached hydrogen (secondary N) is 2. The number of carbonyl (C=O) groups is 1. The van der Waals surface area contributed by atoms with Gasteiger partial charge in [0, 0.05) is 24.6 Å². The Balaban J connectivity index is 2.61. The van der Waals surface area contributed by atoms with Gasteiger partial charge in [0.05, 0.1) is 17.2 Å². The molecule has 1 saturated carbocycles. The Labute approximate surface area is 137 Å². The summed E-state index contributed by atoms with van der Waals surface area (Å²) >= 11 is 0. The second-order valence-corrected chi connectivity index (χ2v) is 6.80. The van der Waals surface area contributed by atoms with E-state index in [1.165, 1.54) is 0 Å². The largest absolute Gasteiger partial charge is 0.390 e. The standard InChI is InChI=1S/C17H28F2N2O2/c1-6-13(21-14-8-7-9-17(14,18)19)12(3)15(22)20-10-11(2)16(4,5)23/h6,11,14,21,23H,3,7-10H2,1-2,4-5H3,(H,20,22)/b13-6+/t11-,14?/m1/s1. The highest BCUT2D eigenvalue weighted by Gasteiger charge is 2.44. The summed E-state index contributed by atoms with van der Waals surface area (Å²) in [4.78, 5) is 12.1. The third-order valence-corrected chi connectivity index (χ3v) is 4.51. The van der Waals surface area contributed by atoms with Crippen molar-refractivity contribution in [2.75, 3.05) is 6.54 Å². The Bertz CT molecular complexity index is 481. The first-order chi connectivity index (χ1) is 10.5. The maximum atomic E-state index is 13.7. The summed E-state index contributed by atoms with van der Waals surface area (Å²) in [6.07, 6.45) is 2.28. The van der Waals surface area contributed by atoms with E-state index in [1.54, 1.807) is 26.8 Å². The van der Waals surface area contributed by atoms with Crippen molar-refractivity contribution >= 4 is 5.91 Å². The third kappa shape index (κ3) is 5.30. The molecule has 1 aliphatic rings. The van der Waals surface area contributed by atoms with Gasteiger partial charge in [-0.25, -0.2) is 8.78 Å². The van der Waals surface area contributed by atoms with Gasteiger partial charge in [0.25, 0.3) is 11.8 Å². The molecule has 1 amide bonds. The van der Waals surface area contributed by atoms with Crippen LogP contribution in [0.1, 0.15) is 47.0 Å². The number of alkyl halides is 2. The molecule has 0 radical (unpaired) electrons. The summed E-state index contributed by atoms with van der Waals surface area (Å²) in [7, 11) is 0. The van der Waals surface area contributed by atoms with Crippen LogP contribution in [-0.4, -0.2) is 35.1 Å². The Morgan fingerprint density at radius 3 is 2.57 bits per heavy atom. The van der Waals surface area contributed by atoms with Crippen LogP contribution in [0.2, 0.25) is 0 Å². The zero-order valence-corrected chi connectivity index (χ0v) is 14.4. The molecule has 0 spiro atoms. The number of allylic oxidation sites excluding steroid dienone is 1. The van der Waals surface area contributed by atoms with Crippen LogP contribution in [0.3, 0.4) is 0 Å². The van der Waals surface area contributed by atoms with Crippen LogP contribution in [0.4, 0.5) is 8.78 Å². The van der Waals surface area contributed by atoms with E-state index in [2.05, 4.69) is 17.2 Å². The molecule has 0 aromatic carbocycles. The molecule has 3 N–H and O–H groups in total. The van der Waals surface area contributed by atoms with Gasteiger partial charge in [-0.15, -0.1) is 0 Å². The monoisotopic (exact) mass is 330 g/mol. The number of amides is 1. The van der Waals surface area contributed by atoms with Gasteiger partial charge in [-0.3, -0.25) is 4.79 Å². The van der Waals surface area contributed by atoms with E-state index >= 15 is 0 Å². The molecule has 0 aliphatic heterocycles. The fraction of sp³-hybridized carbons (Fsp3) is 0.706. The van der Waals surface area contributed by atoms with Gasteiger partial charge in [-0.1, -0.05) is 19.6 Å². The summed E-state index contributed by atoms with van der Waals surface area (Å²) in [6.45, 7) is 10.8. The number of hydrogen-bond acceptors (Lipinski definition) is 3. The molecule has 0 bridgehead atoms. The molecule has 132 valence electrons. The number of carbonyl (C=O) groups excluding carboxylic acids is 1. The van der Waals surface area contributed by atoms with E-state index in [-0.39, 0.29) is 24.5 Å². The van der Waals surface area contributed by atoms with Gasteiger partial charge in [0.1, 0.15) is 0 Å². The minimum Gasteiger partial charge on any atom is -0.390 e. The van der Waals surface area contributed by atoms with Crippen molar-refractivity contribution in [1.82, 2.24) is 10.6 Å². The molecule has 0 aromatic heterocycles. The van der Waals surface area contributed by atoms with Crippen molar-refractivity contribution in [2.24, 2.45) is 5.92 Å². The number of aliphatic hydroxyl groups is 1. The van der Waals surface area contributed by atoms with E-state index in [9.17, 15) is 18.7 Å². The lowest BCUT2D eigenvalue weighted by molar-refractivity contribution is -0.117. The lowest BCUT2D eigenvalue weighted by Crippen LogP contribution is -2.43. The summed E-state index contributed by atoms with van der Waals surface area (Å²) in [5.74, 6) is -3.34. The van der Waals surface area contributed by atoms with Gasteiger partial charge in [-0.05, 0) is 33.6 Å². The topological polar surface area (TPSA) is 61.4 Å². The molecule has 23 heavy (non-hydrogen) atoms. The van der Waals surface area contributed by atoms with E-state index < -0.39 is 23.5 Å². The minimum atomic E-state index is -2.76. The molecule has 1 fully saturated rings. The maximum absolute atomic E-state index is 13.7. The van der Waals surface area contributed by atoms with Crippen LogP contribution in [0.25, 0.3) is 0 Å². The van der Waals surface area contributed by atoms with Crippen molar-refractivity contribution < 1.29 is 18.7 Å². The molecule has 0 heterocycles. The zero-order valence-electron chi connectivity index (χ0n) is 14.4. The Morgan fingerprint density at radius 2 is 2.13 bits per heavy atom. The molecule has 1 unspecified atom stereocenters. The normalized spacial score (nSPS) is 22.6. The van der Waals surface area contributed by atoms with E-state index in [0.29, 0.717) is 18.5 Å². The lowest BCUT2D eigenvalue weighted by atomic mass is 9.93. The molecule has 0 aromatic rings. The first-order valence-corrected chi connectivity index (χ1v) is 7.99. The average Bonchev–Trinajstić information content (AvgIpc) is 2.78. The number of rotatable bonds is 7. The van der Waals surface area contributed by atoms with Crippen LogP contribution in [-0.2, 0) is 4.79 Å². The van der Waals surface area contributed by atoms with Gasteiger partial charge < -0.3 is 15.7 Å². The van der Waals surface area contributed by atoms with Gasteiger partial charge in [-0.2, -0.15) is 0 Å². The SMILES string of the molecule is C=C(C(=O)NC[C@@H](C)C(C)(C)O)/C(=C\C)NC1CCCC1(F)F. The third-order valence-electron chi connectivity index (χ3n) is 4.51. The van der Waals surface area contributed by atoms with E-state index in [1.807, 2.05) is 6.92 Å². The fourth-order valence-corrected chi connectivity index (χ4v) is 2.36. The molecule has 1 rings (SSSR count). The van der Waals surface area contributed by atoms with Crippen molar-refractivity contribution in [2.45, 2.75) is 64.5 Å². The van der Waals surface area contributed by atoms with Crippen LogP contribution in [0.5, 0.6) is 0 Å². The maximum Gasteiger partial charge on any atom is 0.267 e. The van der Waals surface area contributed by atoms with Crippen molar-refractivity contribution in [3.8, 4) is 0 Å². The van der Waals surface area contributed by atoms with Gasteiger partial charge in [0.15, 0.2) is 0 Å². The summed E-state index contributed by atoms with van der Waals surface area (Å²) in [6, 6.07) is -0.964. The van der Waals surface area contributed by atoms with Gasteiger partial charge >= 0.3 is 0 Å². The van der Waals surface area contributed by atoms with Crippen LogP contribution in [0.15, 0.2) is 23.9 Å². The first-order valence-electron chi connectivity index (χ1n) is 7.99.